The predicted octanol–water partition coefficient (Wildman–Crippen LogP) is 3.16. The van der Waals surface area contributed by atoms with Crippen molar-refractivity contribution in [3.63, 3.8) is 0 Å². The van der Waals surface area contributed by atoms with E-state index in [2.05, 4.69) is 15.2 Å². The number of hydrogen-bond acceptors (Lipinski definition) is 8. The van der Waals surface area contributed by atoms with E-state index in [1.807, 2.05) is 19.1 Å². The summed E-state index contributed by atoms with van der Waals surface area (Å²) in [4.78, 5) is 42.3. The van der Waals surface area contributed by atoms with E-state index in [-0.39, 0.29) is 12.1 Å². The van der Waals surface area contributed by atoms with Crippen molar-refractivity contribution in [2.24, 2.45) is 0 Å². The van der Waals surface area contributed by atoms with Gasteiger partial charge in [-0.05, 0) is 51.2 Å². The van der Waals surface area contributed by atoms with Gasteiger partial charge < -0.3 is 20.1 Å². The normalized spacial score (nSPS) is 21.6. The standard InChI is InChI=1S/C25H30N8O4/c1-25(29-24(35)36)9-12-31(13-10-25)18-15-27-21-22(28-18)33(20-6-2-3-14-37-20)30-23(21)32-17-5-4-11-26-16(17)7-8-19(32)34/h4-5,11,15,20,29H,2-3,6-10,12-14H2,1H3,(H,35,36). The minimum absolute atomic E-state index is 0.0521. The van der Waals surface area contributed by atoms with Crippen molar-refractivity contribution in [3.05, 3.63) is 30.2 Å². The lowest BCUT2D eigenvalue weighted by molar-refractivity contribution is -0.118. The number of pyridine rings is 1. The maximum absolute atomic E-state index is 13.2. The number of hydrogen-bond donors (Lipinski definition) is 2. The topological polar surface area (TPSA) is 139 Å². The number of fused-ring (bicyclic) bond motifs is 2. The molecule has 3 aromatic rings. The monoisotopic (exact) mass is 506 g/mol. The van der Waals surface area contributed by atoms with Crippen LogP contribution in [0.3, 0.4) is 0 Å². The molecule has 0 spiro atoms. The highest BCUT2D eigenvalue weighted by atomic mass is 16.5. The zero-order valence-electron chi connectivity index (χ0n) is 20.8. The molecule has 37 heavy (non-hydrogen) atoms. The number of aryl methyl sites for hydroxylation is 1. The zero-order valence-corrected chi connectivity index (χ0v) is 20.8. The van der Waals surface area contributed by atoms with E-state index in [1.165, 1.54) is 0 Å². The molecule has 194 valence electrons. The summed E-state index contributed by atoms with van der Waals surface area (Å²) in [6, 6.07) is 3.71. The van der Waals surface area contributed by atoms with Crippen molar-refractivity contribution in [1.82, 2.24) is 30.0 Å². The van der Waals surface area contributed by atoms with E-state index in [0.717, 1.165) is 30.6 Å². The number of anilines is 3. The third-order valence-corrected chi connectivity index (χ3v) is 7.54. The van der Waals surface area contributed by atoms with Crippen LogP contribution in [0.25, 0.3) is 11.2 Å². The number of carbonyl (C=O) groups is 2. The number of amides is 2. The molecule has 2 fully saturated rings. The molecule has 0 aromatic carbocycles. The van der Waals surface area contributed by atoms with E-state index >= 15 is 0 Å². The fourth-order valence-corrected chi connectivity index (χ4v) is 5.45. The van der Waals surface area contributed by atoms with E-state index in [1.54, 1.807) is 22.0 Å². The van der Waals surface area contributed by atoms with Crippen LogP contribution < -0.4 is 15.1 Å². The van der Waals surface area contributed by atoms with Crippen molar-refractivity contribution >= 4 is 40.5 Å². The van der Waals surface area contributed by atoms with Crippen LogP contribution in [0, 0.1) is 0 Å². The average Bonchev–Trinajstić information content (AvgIpc) is 3.27. The number of ether oxygens (including phenoxy) is 1. The molecule has 0 aliphatic carbocycles. The Kier molecular flexibility index (Phi) is 5.90. The van der Waals surface area contributed by atoms with Gasteiger partial charge in [0.15, 0.2) is 23.2 Å². The van der Waals surface area contributed by atoms with Crippen LogP contribution in [0.1, 0.15) is 57.4 Å². The maximum atomic E-state index is 13.2. The van der Waals surface area contributed by atoms with Crippen molar-refractivity contribution in [2.75, 3.05) is 29.5 Å². The van der Waals surface area contributed by atoms with Crippen LogP contribution in [0.4, 0.5) is 22.1 Å². The number of nitrogens with one attached hydrogen (secondary N) is 1. The number of aromatic nitrogens is 5. The van der Waals surface area contributed by atoms with Crippen LogP contribution in [0.5, 0.6) is 0 Å². The van der Waals surface area contributed by atoms with Crippen LogP contribution in [-0.2, 0) is 16.0 Å². The van der Waals surface area contributed by atoms with Gasteiger partial charge in [0.2, 0.25) is 5.91 Å². The highest BCUT2D eigenvalue weighted by Crippen LogP contribution is 2.38. The summed E-state index contributed by atoms with van der Waals surface area (Å²) in [5, 5.41) is 16.7. The van der Waals surface area contributed by atoms with Crippen molar-refractivity contribution in [2.45, 2.75) is 63.6 Å². The van der Waals surface area contributed by atoms with Crippen molar-refractivity contribution < 1.29 is 19.4 Å². The molecule has 0 bridgehead atoms. The van der Waals surface area contributed by atoms with Crippen LogP contribution in [0.2, 0.25) is 0 Å². The second kappa shape index (κ2) is 9.25. The van der Waals surface area contributed by atoms with Crippen LogP contribution in [-0.4, -0.2) is 67.1 Å². The molecule has 12 heteroatoms. The first kappa shape index (κ1) is 23.6. The molecule has 2 amide bonds. The maximum Gasteiger partial charge on any atom is 0.405 e. The number of carboxylic acid groups (broad SMARTS) is 1. The Balaban J connectivity index is 1.40. The van der Waals surface area contributed by atoms with Crippen molar-refractivity contribution in [1.29, 1.82) is 0 Å². The molecule has 12 nitrogen and oxygen atoms in total. The molecule has 0 saturated carbocycles. The summed E-state index contributed by atoms with van der Waals surface area (Å²) in [5.41, 5.74) is 2.22. The van der Waals surface area contributed by atoms with E-state index in [9.17, 15) is 14.7 Å². The first-order valence-electron chi connectivity index (χ1n) is 12.8. The van der Waals surface area contributed by atoms with Crippen molar-refractivity contribution in [3.8, 4) is 0 Å². The number of piperidine rings is 1. The lowest BCUT2D eigenvalue weighted by Gasteiger charge is -2.39. The van der Waals surface area contributed by atoms with Gasteiger partial charge in [-0.2, -0.15) is 0 Å². The van der Waals surface area contributed by atoms with Crippen LogP contribution in [0.15, 0.2) is 24.5 Å². The van der Waals surface area contributed by atoms with Gasteiger partial charge in [-0.3, -0.25) is 14.7 Å². The number of nitrogens with zero attached hydrogens (tertiary/aromatic N) is 7. The first-order chi connectivity index (χ1) is 17.9. The summed E-state index contributed by atoms with van der Waals surface area (Å²) in [6.45, 7) is 3.85. The Morgan fingerprint density at radius 1 is 1.22 bits per heavy atom. The minimum Gasteiger partial charge on any atom is -0.465 e. The predicted molar refractivity (Wildman–Crippen MR) is 135 cm³/mol. The van der Waals surface area contributed by atoms with Gasteiger partial charge in [-0.25, -0.2) is 19.4 Å². The fraction of sp³-hybridized carbons (Fsp3) is 0.520. The van der Waals surface area contributed by atoms with Gasteiger partial charge >= 0.3 is 6.09 Å². The summed E-state index contributed by atoms with van der Waals surface area (Å²) in [6.07, 6.45) is 7.23. The molecule has 3 aliphatic rings. The van der Waals surface area contributed by atoms with E-state index < -0.39 is 11.6 Å². The van der Waals surface area contributed by atoms with Gasteiger partial charge in [0.05, 0.1) is 17.6 Å². The molecule has 1 atom stereocenters. The first-order valence-corrected chi connectivity index (χ1v) is 12.8. The van der Waals surface area contributed by atoms with Gasteiger partial charge in [-0.1, -0.05) is 0 Å². The molecule has 3 aromatic heterocycles. The smallest absolute Gasteiger partial charge is 0.405 e. The Hall–Kier alpha value is -3.80. The third kappa shape index (κ3) is 4.35. The van der Waals surface area contributed by atoms with Gasteiger partial charge in [0, 0.05) is 44.3 Å². The third-order valence-electron chi connectivity index (χ3n) is 7.54. The molecule has 3 aliphatic heterocycles. The number of rotatable bonds is 4. The molecule has 6 rings (SSSR count). The second-order valence-electron chi connectivity index (χ2n) is 10.2. The Morgan fingerprint density at radius 2 is 2.05 bits per heavy atom. The highest BCUT2D eigenvalue weighted by molar-refractivity contribution is 6.06. The molecule has 1 unspecified atom stereocenters. The summed E-state index contributed by atoms with van der Waals surface area (Å²) in [5.74, 6) is 1.09. The Labute approximate surface area is 213 Å². The lowest BCUT2D eigenvalue weighted by Crippen LogP contribution is -2.53. The SMILES string of the molecule is CC1(NC(=O)O)CCN(c2cnc3c(N4C(=O)CCc5ncccc54)nn(C4CCCCO4)c3n2)CC1. The summed E-state index contributed by atoms with van der Waals surface area (Å²) >= 11 is 0. The van der Waals surface area contributed by atoms with Crippen LogP contribution >= 0.6 is 0 Å². The van der Waals surface area contributed by atoms with E-state index in [4.69, 9.17) is 19.8 Å². The largest absolute Gasteiger partial charge is 0.465 e. The lowest BCUT2D eigenvalue weighted by atomic mass is 9.90. The second-order valence-corrected chi connectivity index (χ2v) is 10.2. The van der Waals surface area contributed by atoms with Gasteiger partial charge in [0.1, 0.15) is 5.82 Å². The Bertz CT molecular complexity index is 1340. The van der Waals surface area contributed by atoms with E-state index in [0.29, 0.717) is 68.2 Å². The molecule has 6 heterocycles. The quantitative estimate of drug-likeness (QED) is 0.546. The Morgan fingerprint density at radius 3 is 2.81 bits per heavy atom. The molecule has 2 saturated heterocycles. The average molecular weight is 507 g/mol. The molecule has 2 N–H and O–H groups in total. The highest BCUT2D eigenvalue weighted by Gasteiger charge is 2.35. The van der Waals surface area contributed by atoms with Gasteiger partial charge in [0.25, 0.3) is 0 Å². The van der Waals surface area contributed by atoms with Gasteiger partial charge in [-0.15, -0.1) is 5.10 Å². The fourth-order valence-electron chi connectivity index (χ4n) is 5.45. The summed E-state index contributed by atoms with van der Waals surface area (Å²) < 4.78 is 7.83. The zero-order chi connectivity index (χ0) is 25.6. The summed E-state index contributed by atoms with van der Waals surface area (Å²) in [7, 11) is 0. The molecular weight excluding hydrogens is 476 g/mol. The molecule has 0 radical (unpaired) electrons. The number of carbonyl (C=O) groups excluding carboxylic acids is 1. The minimum atomic E-state index is -1.01. The molecular formula is C25H30N8O4.